The Labute approximate surface area is 93.1 Å². The van der Waals surface area contributed by atoms with E-state index in [0.29, 0.717) is 6.61 Å². The van der Waals surface area contributed by atoms with Gasteiger partial charge in [0.05, 0.1) is 25.9 Å². The molecule has 0 spiro atoms. The van der Waals surface area contributed by atoms with Crippen LogP contribution in [0.4, 0.5) is 13.2 Å². The fraction of sp³-hybridized carbons (Fsp3) is 0.900. The Morgan fingerprint density at radius 3 is 2.31 bits per heavy atom. The molecule has 3 nitrogen and oxygen atoms in total. The molecule has 0 aliphatic carbocycles. The van der Waals surface area contributed by atoms with E-state index >= 15 is 0 Å². The molecule has 0 aliphatic rings. The number of hydrogen-bond donors (Lipinski definition) is 0. The zero-order chi connectivity index (χ0) is 12.4. The first kappa shape index (κ1) is 15.2. The van der Waals surface area contributed by atoms with Gasteiger partial charge in [0.25, 0.3) is 0 Å². The average Bonchev–Trinajstić information content (AvgIpc) is 2.20. The molecule has 0 aromatic rings. The van der Waals surface area contributed by atoms with Gasteiger partial charge in [0, 0.05) is 6.61 Å². The quantitative estimate of drug-likeness (QED) is 0.611. The highest BCUT2D eigenvalue weighted by Gasteiger charge is 2.39. The SMILES string of the molecule is CCCCOCCOCC(C#N)C(F)(F)F. The Morgan fingerprint density at radius 1 is 1.19 bits per heavy atom. The number of alkyl halides is 3. The predicted molar refractivity (Wildman–Crippen MR) is 51.7 cm³/mol. The summed E-state index contributed by atoms with van der Waals surface area (Å²) in [6.07, 6.45) is -2.59. The van der Waals surface area contributed by atoms with Crippen LogP contribution in [0.15, 0.2) is 0 Å². The van der Waals surface area contributed by atoms with Crippen molar-refractivity contribution in [2.24, 2.45) is 5.92 Å². The fourth-order valence-electron chi connectivity index (χ4n) is 0.872. The van der Waals surface area contributed by atoms with Crippen LogP contribution in [-0.2, 0) is 9.47 Å². The van der Waals surface area contributed by atoms with Crippen LogP contribution in [0.25, 0.3) is 0 Å². The average molecular weight is 239 g/mol. The molecular weight excluding hydrogens is 223 g/mol. The molecule has 94 valence electrons. The molecule has 0 aliphatic heterocycles. The number of ether oxygens (including phenoxy) is 2. The molecule has 0 saturated heterocycles. The number of rotatable bonds is 8. The van der Waals surface area contributed by atoms with Gasteiger partial charge in [0.1, 0.15) is 0 Å². The molecule has 0 aromatic carbocycles. The van der Waals surface area contributed by atoms with Crippen LogP contribution in [0.1, 0.15) is 19.8 Å². The van der Waals surface area contributed by atoms with E-state index in [-0.39, 0.29) is 13.2 Å². The fourth-order valence-corrected chi connectivity index (χ4v) is 0.872. The first-order chi connectivity index (χ1) is 7.52. The number of hydrogen-bond acceptors (Lipinski definition) is 3. The van der Waals surface area contributed by atoms with Crippen LogP contribution < -0.4 is 0 Å². The molecule has 0 fully saturated rings. The summed E-state index contributed by atoms with van der Waals surface area (Å²) in [5, 5.41) is 8.25. The summed E-state index contributed by atoms with van der Waals surface area (Å²) in [6, 6.07) is 1.16. The summed E-state index contributed by atoms with van der Waals surface area (Å²) in [6.45, 7) is 2.31. The lowest BCUT2D eigenvalue weighted by Crippen LogP contribution is -2.26. The lowest BCUT2D eigenvalue weighted by molar-refractivity contribution is -0.172. The third-order valence-electron chi connectivity index (χ3n) is 1.85. The maximum absolute atomic E-state index is 12.1. The van der Waals surface area contributed by atoms with Crippen molar-refractivity contribution in [3.63, 3.8) is 0 Å². The summed E-state index contributed by atoms with van der Waals surface area (Å²) in [5.74, 6) is -2.05. The molecule has 0 amide bonds. The molecule has 0 heterocycles. The molecule has 1 unspecified atom stereocenters. The molecule has 16 heavy (non-hydrogen) atoms. The number of halogens is 3. The highest BCUT2D eigenvalue weighted by atomic mass is 19.4. The van der Waals surface area contributed by atoms with Gasteiger partial charge in [0.2, 0.25) is 0 Å². The smallest absolute Gasteiger partial charge is 0.379 e. The van der Waals surface area contributed by atoms with Gasteiger partial charge in [-0.15, -0.1) is 0 Å². The first-order valence-corrected chi connectivity index (χ1v) is 5.14. The summed E-state index contributed by atoms with van der Waals surface area (Å²) in [5.41, 5.74) is 0. The summed E-state index contributed by atoms with van der Waals surface area (Å²) >= 11 is 0. The molecule has 0 N–H and O–H groups in total. The van der Waals surface area contributed by atoms with Gasteiger partial charge >= 0.3 is 6.18 Å². The van der Waals surface area contributed by atoms with Gasteiger partial charge in [-0.25, -0.2) is 0 Å². The molecule has 0 saturated carbocycles. The Morgan fingerprint density at radius 2 is 1.81 bits per heavy atom. The number of nitriles is 1. The Bertz CT molecular complexity index is 213. The van der Waals surface area contributed by atoms with Crippen LogP contribution in [0.2, 0.25) is 0 Å². The summed E-state index contributed by atoms with van der Waals surface area (Å²) in [4.78, 5) is 0. The standard InChI is InChI=1S/C10H16F3NO2/c1-2-3-4-15-5-6-16-8-9(7-14)10(11,12)13/h9H,2-6,8H2,1H3. The van der Waals surface area contributed by atoms with Crippen molar-refractivity contribution in [1.29, 1.82) is 5.26 Å². The van der Waals surface area contributed by atoms with Crippen LogP contribution >= 0.6 is 0 Å². The highest BCUT2D eigenvalue weighted by molar-refractivity contribution is 4.88. The van der Waals surface area contributed by atoms with Gasteiger partial charge in [-0.05, 0) is 6.42 Å². The van der Waals surface area contributed by atoms with E-state index < -0.39 is 18.7 Å². The van der Waals surface area contributed by atoms with Gasteiger partial charge in [-0.3, -0.25) is 0 Å². The Hall–Kier alpha value is -0.800. The minimum absolute atomic E-state index is 0.0813. The molecule has 0 bridgehead atoms. The Balaban J connectivity index is 3.47. The second kappa shape index (κ2) is 8.36. The van der Waals surface area contributed by atoms with Crippen LogP contribution in [0.3, 0.4) is 0 Å². The van der Waals surface area contributed by atoms with Gasteiger partial charge in [-0.2, -0.15) is 18.4 Å². The normalized spacial score (nSPS) is 13.4. The van der Waals surface area contributed by atoms with Crippen molar-refractivity contribution in [3.8, 4) is 6.07 Å². The van der Waals surface area contributed by atoms with Crippen molar-refractivity contribution in [2.45, 2.75) is 25.9 Å². The van der Waals surface area contributed by atoms with Crippen LogP contribution in [0.5, 0.6) is 0 Å². The molecule has 0 aromatic heterocycles. The van der Waals surface area contributed by atoms with Crippen LogP contribution in [-0.4, -0.2) is 32.6 Å². The molecule has 0 radical (unpaired) electrons. The zero-order valence-corrected chi connectivity index (χ0v) is 9.22. The van der Waals surface area contributed by atoms with Gasteiger partial charge < -0.3 is 9.47 Å². The van der Waals surface area contributed by atoms with E-state index in [4.69, 9.17) is 14.7 Å². The van der Waals surface area contributed by atoms with Crippen molar-refractivity contribution in [3.05, 3.63) is 0 Å². The largest absolute Gasteiger partial charge is 0.406 e. The molecule has 1 atom stereocenters. The van der Waals surface area contributed by atoms with E-state index in [1.54, 1.807) is 0 Å². The van der Waals surface area contributed by atoms with Crippen molar-refractivity contribution < 1.29 is 22.6 Å². The predicted octanol–water partition coefficient (Wildman–Crippen LogP) is 2.52. The van der Waals surface area contributed by atoms with E-state index in [9.17, 15) is 13.2 Å². The van der Waals surface area contributed by atoms with Crippen molar-refractivity contribution >= 4 is 0 Å². The Kier molecular flexibility index (Phi) is 7.95. The molecule has 0 rings (SSSR count). The van der Waals surface area contributed by atoms with Crippen molar-refractivity contribution in [2.75, 3.05) is 26.4 Å². The maximum atomic E-state index is 12.1. The number of unbranched alkanes of at least 4 members (excludes halogenated alkanes) is 1. The second-order valence-corrected chi connectivity index (χ2v) is 3.26. The topological polar surface area (TPSA) is 42.2 Å². The van der Waals surface area contributed by atoms with E-state index in [0.717, 1.165) is 18.9 Å². The highest BCUT2D eigenvalue weighted by Crippen LogP contribution is 2.25. The lowest BCUT2D eigenvalue weighted by Gasteiger charge is -2.13. The number of nitrogens with zero attached hydrogens (tertiary/aromatic N) is 1. The second-order valence-electron chi connectivity index (χ2n) is 3.26. The lowest BCUT2D eigenvalue weighted by atomic mass is 10.2. The molecular formula is C10H16F3NO2. The maximum Gasteiger partial charge on any atom is 0.406 e. The minimum atomic E-state index is -4.52. The first-order valence-electron chi connectivity index (χ1n) is 5.14. The monoisotopic (exact) mass is 239 g/mol. The van der Waals surface area contributed by atoms with Gasteiger partial charge in [0.15, 0.2) is 5.92 Å². The van der Waals surface area contributed by atoms with Gasteiger partial charge in [-0.1, -0.05) is 13.3 Å². The minimum Gasteiger partial charge on any atom is -0.379 e. The van der Waals surface area contributed by atoms with E-state index in [2.05, 4.69) is 0 Å². The summed E-state index contributed by atoms with van der Waals surface area (Å²) in [7, 11) is 0. The van der Waals surface area contributed by atoms with Crippen molar-refractivity contribution in [1.82, 2.24) is 0 Å². The van der Waals surface area contributed by atoms with Crippen LogP contribution in [0, 0.1) is 17.2 Å². The third kappa shape index (κ3) is 7.49. The third-order valence-corrected chi connectivity index (χ3v) is 1.85. The van der Waals surface area contributed by atoms with E-state index in [1.807, 2.05) is 6.92 Å². The molecule has 6 heteroatoms. The summed E-state index contributed by atoms with van der Waals surface area (Å²) < 4.78 is 46.0. The zero-order valence-electron chi connectivity index (χ0n) is 9.22. The van der Waals surface area contributed by atoms with E-state index in [1.165, 1.54) is 0 Å².